The van der Waals surface area contributed by atoms with E-state index in [1.807, 2.05) is 6.92 Å². The summed E-state index contributed by atoms with van der Waals surface area (Å²) in [7, 11) is -3.78. The topological polar surface area (TPSA) is 131 Å². The van der Waals surface area contributed by atoms with Gasteiger partial charge in [0.15, 0.2) is 9.84 Å². The SMILES string of the molecule is CC1COCCC1CNC(=O)C(=O)Nc1ccc2c(c1)S(=O)(=O)CC(=O)N2. The summed E-state index contributed by atoms with van der Waals surface area (Å²) in [5.41, 5.74) is 0.315. The van der Waals surface area contributed by atoms with Gasteiger partial charge in [0.2, 0.25) is 5.91 Å². The maximum Gasteiger partial charge on any atom is 0.313 e. The highest BCUT2D eigenvalue weighted by Gasteiger charge is 2.29. The highest BCUT2D eigenvalue weighted by molar-refractivity contribution is 7.92. The van der Waals surface area contributed by atoms with Crippen LogP contribution < -0.4 is 16.0 Å². The molecule has 3 amide bonds. The molecule has 2 atom stereocenters. The van der Waals surface area contributed by atoms with E-state index in [0.29, 0.717) is 25.7 Å². The van der Waals surface area contributed by atoms with Crippen LogP contribution in [0.25, 0.3) is 0 Å². The van der Waals surface area contributed by atoms with E-state index in [0.717, 1.165) is 6.42 Å². The number of hydrogen-bond acceptors (Lipinski definition) is 6. The van der Waals surface area contributed by atoms with E-state index in [4.69, 9.17) is 4.74 Å². The van der Waals surface area contributed by atoms with Crippen molar-refractivity contribution in [2.45, 2.75) is 18.2 Å². The first-order chi connectivity index (χ1) is 12.8. The summed E-state index contributed by atoms with van der Waals surface area (Å²) in [4.78, 5) is 35.4. The highest BCUT2D eigenvalue weighted by atomic mass is 32.2. The van der Waals surface area contributed by atoms with Gasteiger partial charge in [-0.2, -0.15) is 0 Å². The van der Waals surface area contributed by atoms with Gasteiger partial charge in [0.05, 0.1) is 10.6 Å². The van der Waals surface area contributed by atoms with Crippen LogP contribution in [-0.2, 0) is 29.0 Å². The smallest absolute Gasteiger partial charge is 0.313 e. The average Bonchev–Trinajstić information content (AvgIpc) is 2.60. The fourth-order valence-electron chi connectivity index (χ4n) is 3.12. The third-order valence-corrected chi connectivity index (χ3v) is 6.37. The molecule has 0 bridgehead atoms. The molecular weight excluding hydrogens is 374 g/mol. The fourth-order valence-corrected chi connectivity index (χ4v) is 4.45. The maximum absolute atomic E-state index is 12.1. The van der Waals surface area contributed by atoms with Crippen molar-refractivity contribution in [3.05, 3.63) is 18.2 Å². The minimum absolute atomic E-state index is 0.0867. The highest BCUT2D eigenvalue weighted by Crippen LogP contribution is 2.29. The predicted molar refractivity (Wildman–Crippen MR) is 96.9 cm³/mol. The lowest BCUT2D eigenvalue weighted by Gasteiger charge is -2.28. The Morgan fingerprint density at radius 3 is 2.81 bits per heavy atom. The number of carbonyl (C=O) groups excluding carboxylic acids is 3. The molecule has 0 aliphatic carbocycles. The molecule has 1 aromatic carbocycles. The number of fused-ring (bicyclic) bond motifs is 1. The zero-order valence-electron chi connectivity index (χ0n) is 14.8. The second-order valence-corrected chi connectivity index (χ2v) is 8.74. The molecule has 3 rings (SSSR count). The van der Waals surface area contributed by atoms with Crippen molar-refractivity contribution < 1.29 is 27.5 Å². The van der Waals surface area contributed by atoms with Gasteiger partial charge >= 0.3 is 11.8 Å². The molecule has 1 fully saturated rings. The summed E-state index contributed by atoms with van der Waals surface area (Å²) in [6.45, 7) is 3.67. The Balaban J connectivity index is 1.62. The number of sulfone groups is 1. The lowest BCUT2D eigenvalue weighted by Crippen LogP contribution is -2.41. The third-order valence-electron chi connectivity index (χ3n) is 4.72. The normalized spacial score (nSPS) is 23.7. The Labute approximate surface area is 156 Å². The number of amides is 3. The lowest BCUT2D eigenvalue weighted by molar-refractivity contribution is -0.136. The Hall–Kier alpha value is -2.46. The number of hydrogen-bond donors (Lipinski definition) is 3. The van der Waals surface area contributed by atoms with Crippen molar-refractivity contribution in [1.82, 2.24) is 5.32 Å². The summed E-state index contributed by atoms with van der Waals surface area (Å²) in [5, 5.41) is 7.45. The largest absolute Gasteiger partial charge is 0.381 e. The Morgan fingerprint density at radius 1 is 1.30 bits per heavy atom. The van der Waals surface area contributed by atoms with Crippen LogP contribution in [0.1, 0.15) is 13.3 Å². The summed E-state index contributed by atoms with van der Waals surface area (Å²) >= 11 is 0. The first-order valence-corrected chi connectivity index (χ1v) is 10.2. The fraction of sp³-hybridized carbons (Fsp3) is 0.471. The van der Waals surface area contributed by atoms with E-state index in [9.17, 15) is 22.8 Å². The molecule has 2 aliphatic rings. The van der Waals surface area contributed by atoms with E-state index in [-0.39, 0.29) is 22.2 Å². The molecule has 0 aromatic heterocycles. The molecule has 3 N–H and O–H groups in total. The van der Waals surface area contributed by atoms with Crippen molar-refractivity contribution in [2.75, 3.05) is 36.1 Å². The van der Waals surface area contributed by atoms with Gasteiger partial charge < -0.3 is 20.7 Å². The van der Waals surface area contributed by atoms with Crippen molar-refractivity contribution in [3.63, 3.8) is 0 Å². The van der Waals surface area contributed by atoms with Gasteiger partial charge in [0.25, 0.3) is 0 Å². The van der Waals surface area contributed by atoms with Crippen molar-refractivity contribution in [3.8, 4) is 0 Å². The van der Waals surface area contributed by atoms with Crippen LogP contribution in [0.3, 0.4) is 0 Å². The van der Waals surface area contributed by atoms with Gasteiger partial charge in [0, 0.05) is 25.4 Å². The second-order valence-electron chi connectivity index (χ2n) is 6.78. The van der Waals surface area contributed by atoms with Crippen LogP contribution in [0.15, 0.2) is 23.1 Å². The van der Waals surface area contributed by atoms with Gasteiger partial charge in [-0.05, 0) is 36.5 Å². The molecule has 27 heavy (non-hydrogen) atoms. The van der Waals surface area contributed by atoms with E-state index in [2.05, 4.69) is 16.0 Å². The van der Waals surface area contributed by atoms with Crippen LogP contribution in [0.4, 0.5) is 11.4 Å². The van der Waals surface area contributed by atoms with Crippen molar-refractivity contribution in [2.24, 2.45) is 11.8 Å². The monoisotopic (exact) mass is 395 g/mol. The van der Waals surface area contributed by atoms with E-state index >= 15 is 0 Å². The molecular formula is C17H21N3O6S. The minimum atomic E-state index is -3.78. The van der Waals surface area contributed by atoms with E-state index in [1.54, 1.807) is 0 Å². The first kappa shape index (κ1) is 19.3. The van der Waals surface area contributed by atoms with Crippen LogP contribution in [-0.4, -0.2) is 51.7 Å². The summed E-state index contributed by atoms with van der Waals surface area (Å²) in [6, 6.07) is 4.03. The van der Waals surface area contributed by atoms with Gasteiger partial charge in [-0.15, -0.1) is 0 Å². The predicted octanol–water partition coefficient (Wildman–Crippen LogP) is 0.140. The Kier molecular flexibility index (Phi) is 5.47. The summed E-state index contributed by atoms with van der Waals surface area (Å²) in [6.07, 6.45) is 0.817. The van der Waals surface area contributed by atoms with E-state index < -0.39 is 33.3 Å². The minimum Gasteiger partial charge on any atom is -0.381 e. The number of carbonyl (C=O) groups is 3. The number of nitrogens with one attached hydrogen (secondary N) is 3. The zero-order valence-corrected chi connectivity index (χ0v) is 15.6. The molecule has 1 aromatic rings. The Bertz CT molecular complexity index is 883. The molecule has 1 saturated heterocycles. The van der Waals surface area contributed by atoms with Gasteiger partial charge in [-0.3, -0.25) is 14.4 Å². The third kappa shape index (κ3) is 4.45. The van der Waals surface area contributed by atoms with Crippen LogP contribution in [0, 0.1) is 11.8 Å². The second kappa shape index (κ2) is 7.65. The Morgan fingerprint density at radius 2 is 2.07 bits per heavy atom. The average molecular weight is 395 g/mol. The standard InChI is InChI=1S/C17H21N3O6S/c1-10-8-26-5-4-11(10)7-18-16(22)17(23)19-12-2-3-13-14(6-12)27(24,25)9-15(21)20-13/h2-3,6,10-11H,4-5,7-9H2,1H3,(H,18,22)(H,19,23)(H,20,21). The van der Waals surface area contributed by atoms with Gasteiger partial charge in [-0.25, -0.2) is 8.42 Å². The number of benzene rings is 1. The molecule has 9 nitrogen and oxygen atoms in total. The molecule has 2 heterocycles. The molecule has 0 saturated carbocycles. The molecule has 0 spiro atoms. The molecule has 0 radical (unpaired) electrons. The van der Waals surface area contributed by atoms with Crippen molar-refractivity contribution >= 4 is 38.9 Å². The number of rotatable bonds is 3. The first-order valence-electron chi connectivity index (χ1n) is 8.60. The van der Waals surface area contributed by atoms with Gasteiger partial charge in [-0.1, -0.05) is 6.92 Å². The number of ether oxygens (including phenoxy) is 1. The number of anilines is 2. The summed E-state index contributed by atoms with van der Waals surface area (Å²) in [5.74, 6) is -2.40. The molecule has 10 heteroatoms. The van der Waals surface area contributed by atoms with Crippen LogP contribution in [0.2, 0.25) is 0 Å². The van der Waals surface area contributed by atoms with Gasteiger partial charge in [0.1, 0.15) is 5.75 Å². The molecule has 146 valence electrons. The quantitative estimate of drug-likeness (QED) is 0.624. The molecule has 2 unspecified atom stereocenters. The maximum atomic E-state index is 12.1. The zero-order chi connectivity index (χ0) is 19.6. The lowest BCUT2D eigenvalue weighted by atomic mass is 9.90. The van der Waals surface area contributed by atoms with E-state index in [1.165, 1.54) is 18.2 Å². The van der Waals surface area contributed by atoms with Crippen LogP contribution in [0.5, 0.6) is 0 Å². The van der Waals surface area contributed by atoms with Crippen LogP contribution >= 0.6 is 0 Å². The van der Waals surface area contributed by atoms with Crippen molar-refractivity contribution in [1.29, 1.82) is 0 Å². The molecule has 2 aliphatic heterocycles. The summed E-state index contributed by atoms with van der Waals surface area (Å²) < 4.78 is 29.5.